The first-order valence-corrected chi connectivity index (χ1v) is 9.65. The molecule has 3 aliphatic rings. The summed E-state index contributed by atoms with van der Waals surface area (Å²) in [6.07, 6.45) is 1.68. The van der Waals surface area contributed by atoms with Crippen LogP contribution < -0.4 is 9.47 Å². The number of fused-ring (bicyclic) bond motifs is 1. The van der Waals surface area contributed by atoms with Gasteiger partial charge in [-0.1, -0.05) is 0 Å². The van der Waals surface area contributed by atoms with Crippen molar-refractivity contribution in [3.05, 3.63) is 10.3 Å². The zero-order chi connectivity index (χ0) is 17.2. The molecule has 4 rings (SSSR count). The third-order valence-electron chi connectivity index (χ3n) is 4.88. The maximum absolute atomic E-state index is 12.9. The summed E-state index contributed by atoms with van der Waals surface area (Å²) in [7, 11) is 0. The summed E-state index contributed by atoms with van der Waals surface area (Å²) >= 11 is 1.35. The van der Waals surface area contributed by atoms with Crippen LogP contribution in [0.25, 0.3) is 0 Å². The van der Waals surface area contributed by atoms with E-state index in [-0.39, 0.29) is 17.7 Å². The summed E-state index contributed by atoms with van der Waals surface area (Å²) in [6, 6.07) is 0. The Labute approximate surface area is 150 Å². The molecule has 2 fully saturated rings. The van der Waals surface area contributed by atoms with Crippen LogP contribution in [0.4, 0.5) is 0 Å². The number of carbonyl (C=O) groups is 2. The monoisotopic (exact) mass is 366 g/mol. The van der Waals surface area contributed by atoms with Crippen LogP contribution in [-0.4, -0.2) is 74.2 Å². The predicted octanol–water partition coefficient (Wildman–Crippen LogP) is 1.23. The lowest BCUT2D eigenvalue weighted by atomic mass is 9.96. The molecule has 0 aliphatic carbocycles. The number of likely N-dealkylation sites (tertiary alicyclic amines) is 1. The van der Waals surface area contributed by atoms with Gasteiger partial charge in [-0.05, 0) is 12.8 Å². The van der Waals surface area contributed by atoms with Crippen molar-refractivity contribution in [1.82, 2.24) is 9.80 Å². The van der Waals surface area contributed by atoms with Crippen molar-refractivity contribution in [3.63, 3.8) is 0 Å². The molecule has 25 heavy (non-hydrogen) atoms. The minimum atomic E-state index is -0.122. The molecule has 1 aromatic rings. The molecule has 3 aliphatic heterocycles. The van der Waals surface area contributed by atoms with E-state index in [0.717, 1.165) is 12.8 Å². The maximum Gasteiger partial charge on any atom is 0.267 e. The van der Waals surface area contributed by atoms with Gasteiger partial charge in [0.15, 0.2) is 11.5 Å². The van der Waals surface area contributed by atoms with Gasteiger partial charge in [-0.25, -0.2) is 0 Å². The van der Waals surface area contributed by atoms with Crippen LogP contribution in [0.3, 0.4) is 0 Å². The van der Waals surface area contributed by atoms with Gasteiger partial charge < -0.3 is 24.0 Å². The first-order chi connectivity index (χ1) is 12.2. The fraction of sp³-hybridized carbons (Fsp3) is 0.647. The maximum atomic E-state index is 12.9. The second-order valence-electron chi connectivity index (χ2n) is 6.48. The number of hydrogen-bond donors (Lipinski definition) is 0. The quantitative estimate of drug-likeness (QED) is 0.788. The lowest BCUT2D eigenvalue weighted by molar-refractivity contribution is -0.141. The number of carbonyl (C=O) groups excluding carboxylic acids is 2. The molecular weight excluding hydrogens is 344 g/mol. The van der Waals surface area contributed by atoms with Gasteiger partial charge in [-0.3, -0.25) is 9.59 Å². The van der Waals surface area contributed by atoms with Crippen LogP contribution in [-0.2, 0) is 9.53 Å². The van der Waals surface area contributed by atoms with E-state index in [1.54, 1.807) is 4.90 Å². The van der Waals surface area contributed by atoms with E-state index in [1.807, 2.05) is 10.3 Å². The van der Waals surface area contributed by atoms with Gasteiger partial charge in [0.05, 0.1) is 19.1 Å². The van der Waals surface area contributed by atoms with E-state index in [4.69, 9.17) is 14.2 Å². The summed E-state index contributed by atoms with van der Waals surface area (Å²) in [5, 5.41) is 1.82. The molecule has 0 bridgehead atoms. The highest BCUT2D eigenvalue weighted by molar-refractivity contribution is 7.12. The van der Waals surface area contributed by atoms with E-state index in [0.29, 0.717) is 69.0 Å². The normalized spacial score (nSPS) is 23.4. The Hall–Kier alpha value is -1.80. The molecular formula is C17H22N2O5S. The SMILES string of the molecule is O=C(c1scc2c1OCCO2)N1CCC[C@@H](C(=O)N2CCOCC2)C1. The molecule has 7 nitrogen and oxygen atoms in total. The highest BCUT2D eigenvalue weighted by atomic mass is 32.1. The van der Waals surface area contributed by atoms with Crippen molar-refractivity contribution in [2.45, 2.75) is 12.8 Å². The summed E-state index contributed by atoms with van der Waals surface area (Å²) in [4.78, 5) is 29.9. The van der Waals surface area contributed by atoms with Gasteiger partial charge in [0.1, 0.15) is 18.1 Å². The Morgan fingerprint density at radius 1 is 1.04 bits per heavy atom. The molecule has 0 aromatic carbocycles. The van der Waals surface area contributed by atoms with Crippen molar-refractivity contribution < 1.29 is 23.8 Å². The van der Waals surface area contributed by atoms with Crippen LogP contribution in [0.2, 0.25) is 0 Å². The number of piperidine rings is 1. The van der Waals surface area contributed by atoms with Crippen LogP contribution in [0.15, 0.2) is 5.38 Å². The zero-order valence-corrected chi connectivity index (χ0v) is 14.9. The summed E-state index contributed by atoms with van der Waals surface area (Å²) in [6.45, 7) is 4.61. The number of nitrogens with zero attached hydrogens (tertiary/aromatic N) is 2. The van der Waals surface area contributed by atoms with Crippen LogP contribution in [0.1, 0.15) is 22.5 Å². The van der Waals surface area contributed by atoms with E-state index in [1.165, 1.54) is 11.3 Å². The van der Waals surface area contributed by atoms with Gasteiger partial charge in [-0.15, -0.1) is 11.3 Å². The third-order valence-corrected chi connectivity index (χ3v) is 5.80. The number of ether oxygens (including phenoxy) is 3. The zero-order valence-electron chi connectivity index (χ0n) is 14.1. The molecule has 2 saturated heterocycles. The summed E-state index contributed by atoms with van der Waals surface area (Å²) in [5.74, 6) is 1.18. The molecule has 0 unspecified atom stereocenters. The average molecular weight is 366 g/mol. The van der Waals surface area contributed by atoms with Gasteiger partial charge in [0.25, 0.3) is 5.91 Å². The molecule has 1 aromatic heterocycles. The molecule has 0 spiro atoms. The minimum absolute atomic E-state index is 0.0590. The second kappa shape index (κ2) is 7.21. The average Bonchev–Trinajstić information content (AvgIpc) is 3.12. The largest absolute Gasteiger partial charge is 0.485 e. The van der Waals surface area contributed by atoms with E-state index in [9.17, 15) is 9.59 Å². The number of morpholine rings is 1. The Morgan fingerprint density at radius 3 is 2.68 bits per heavy atom. The van der Waals surface area contributed by atoms with Crippen molar-refractivity contribution in [2.75, 3.05) is 52.6 Å². The third kappa shape index (κ3) is 3.32. The highest BCUT2D eigenvalue weighted by Crippen LogP contribution is 2.40. The number of thiophene rings is 1. The molecule has 136 valence electrons. The lowest BCUT2D eigenvalue weighted by Crippen LogP contribution is -2.49. The fourth-order valence-electron chi connectivity index (χ4n) is 3.56. The van der Waals surface area contributed by atoms with Crippen LogP contribution in [0, 0.1) is 5.92 Å². The van der Waals surface area contributed by atoms with Crippen molar-refractivity contribution in [3.8, 4) is 11.5 Å². The molecule has 1 atom stereocenters. The second-order valence-corrected chi connectivity index (χ2v) is 7.36. The van der Waals surface area contributed by atoms with Gasteiger partial charge >= 0.3 is 0 Å². The van der Waals surface area contributed by atoms with E-state index < -0.39 is 0 Å². The Balaban J connectivity index is 1.44. The Kier molecular flexibility index (Phi) is 4.80. The number of amides is 2. The summed E-state index contributed by atoms with van der Waals surface area (Å²) < 4.78 is 16.5. The van der Waals surface area contributed by atoms with Crippen molar-refractivity contribution >= 4 is 23.2 Å². The van der Waals surface area contributed by atoms with Crippen molar-refractivity contribution in [2.24, 2.45) is 5.92 Å². The summed E-state index contributed by atoms with van der Waals surface area (Å²) in [5.41, 5.74) is 0. The Morgan fingerprint density at radius 2 is 1.84 bits per heavy atom. The molecule has 0 saturated carbocycles. The fourth-order valence-corrected chi connectivity index (χ4v) is 4.46. The lowest BCUT2D eigenvalue weighted by Gasteiger charge is -2.36. The van der Waals surface area contributed by atoms with Crippen LogP contribution in [0.5, 0.6) is 11.5 Å². The molecule has 4 heterocycles. The molecule has 2 amide bonds. The first-order valence-electron chi connectivity index (χ1n) is 8.77. The predicted molar refractivity (Wildman–Crippen MR) is 91.3 cm³/mol. The van der Waals surface area contributed by atoms with E-state index in [2.05, 4.69) is 0 Å². The van der Waals surface area contributed by atoms with Gasteiger partial charge in [0, 0.05) is 31.6 Å². The molecule has 8 heteroatoms. The number of rotatable bonds is 2. The van der Waals surface area contributed by atoms with Gasteiger partial charge in [-0.2, -0.15) is 0 Å². The topological polar surface area (TPSA) is 68.3 Å². The smallest absolute Gasteiger partial charge is 0.267 e. The van der Waals surface area contributed by atoms with Crippen LogP contribution >= 0.6 is 11.3 Å². The molecule has 0 N–H and O–H groups in total. The number of hydrogen-bond acceptors (Lipinski definition) is 6. The first kappa shape index (κ1) is 16.7. The highest BCUT2D eigenvalue weighted by Gasteiger charge is 2.34. The van der Waals surface area contributed by atoms with Gasteiger partial charge in [0.2, 0.25) is 5.91 Å². The minimum Gasteiger partial charge on any atom is -0.485 e. The molecule has 0 radical (unpaired) electrons. The van der Waals surface area contributed by atoms with E-state index >= 15 is 0 Å². The standard InChI is InChI=1S/C17H22N2O5S/c20-16(18-4-6-22-7-5-18)12-2-1-3-19(10-12)17(21)15-14-13(11-25-15)23-8-9-24-14/h11-12H,1-10H2/t12-/m1/s1. The van der Waals surface area contributed by atoms with Crippen molar-refractivity contribution in [1.29, 1.82) is 0 Å². The Bertz CT molecular complexity index is 655.